The Morgan fingerprint density at radius 3 is 1.60 bits per heavy atom. The molecule has 6 heteroatoms. The zero-order valence-corrected chi connectivity index (χ0v) is 28.6. The van der Waals surface area contributed by atoms with Crippen molar-refractivity contribution in [3.05, 3.63) is 204 Å². The molecular weight excluding hydrogens is 651 g/mol. The monoisotopic (exact) mass is 681 g/mol. The van der Waals surface area contributed by atoms with E-state index in [1.165, 1.54) is 0 Å². The van der Waals surface area contributed by atoms with Gasteiger partial charge in [-0.05, 0) is 90.5 Å². The van der Waals surface area contributed by atoms with Gasteiger partial charge in [-0.2, -0.15) is 0 Å². The van der Waals surface area contributed by atoms with Crippen molar-refractivity contribution in [3.8, 4) is 34.2 Å². The average molecular weight is 682 g/mol. The molecule has 7 aromatic carbocycles. The van der Waals surface area contributed by atoms with Crippen LogP contribution < -0.4 is 10.3 Å². The highest BCUT2D eigenvalue weighted by molar-refractivity contribution is 6.00. The summed E-state index contributed by atoms with van der Waals surface area (Å²) in [5.41, 5.74) is 12.0. The molecule has 0 saturated heterocycles. The number of nitrogens with zero attached hydrogens (tertiary/aromatic N) is 5. The first-order valence-corrected chi connectivity index (χ1v) is 17.6. The Kier molecular flexibility index (Phi) is 7.01. The van der Waals surface area contributed by atoms with Crippen molar-refractivity contribution in [2.45, 2.75) is 0 Å². The van der Waals surface area contributed by atoms with Crippen LogP contribution in [0.5, 0.6) is 0 Å². The van der Waals surface area contributed by atoms with Crippen LogP contribution in [0.4, 0.5) is 17.1 Å². The van der Waals surface area contributed by atoms with E-state index >= 15 is 0 Å². The molecule has 0 aliphatic carbocycles. The summed E-state index contributed by atoms with van der Waals surface area (Å²) >= 11 is 0. The fraction of sp³-hybridized carbons (Fsp3) is 0. The highest BCUT2D eigenvalue weighted by atomic mass is 16.1. The average Bonchev–Trinajstić information content (AvgIpc) is 3.68. The maximum atomic E-state index is 13.4. The Morgan fingerprint density at radius 2 is 0.981 bits per heavy atom. The second-order valence-corrected chi connectivity index (χ2v) is 13.1. The van der Waals surface area contributed by atoms with Crippen molar-refractivity contribution >= 4 is 44.4 Å². The van der Waals surface area contributed by atoms with Crippen molar-refractivity contribution < 1.29 is 0 Å². The van der Waals surface area contributed by atoms with Crippen molar-refractivity contribution in [2.75, 3.05) is 4.90 Å². The van der Waals surface area contributed by atoms with Gasteiger partial charge in [0.05, 0.1) is 28.1 Å². The van der Waals surface area contributed by atoms with Crippen LogP contribution in [0.3, 0.4) is 0 Å². The third-order valence-electron chi connectivity index (χ3n) is 10.1. The lowest BCUT2D eigenvalue weighted by atomic mass is 9.91. The predicted octanol–water partition coefficient (Wildman–Crippen LogP) is 10.9. The first-order valence-electron chi connectivity index (χ1n) is 17.6. The zero-order valence-electron chi connectivity index (χ0n) is 28.6. The number of rotatable bonds is 5. The fourth-order valence-corrected chi connectivity index (χ4v) is 7.57. The molecule has 10 rings (SSSR count). The van der Waals surface area contributed by atoms with E-state index in [1.807, 2.05) is 83.5 Å². The van der Waals surface area contributed by atoms with E-state index in [-0.39, 0.29) is 5.43 Å². The van der Waals surface area contributed by atoms with E-state index in [0.29, 0.717) is 16.6 Å². The maximum absolute atomic E-state index is 13.4. The summed E-state index contributed by atoms with van der Waals surface area (Å²) < 4.78 is 4.07. The Labute approximate surface area is 305 Å². The van der Waals surface area contributed by atoms with Crippen LogP contribution >= 0.6 is 0 Å². The molecule has 0 saturated carbocycles. The Bertz CT molecular complexity index is 2810. The molecule has 3 heterocycles. The van der Waals surface area contributed by atoms with E-state index in [1.54, 1.807) is 0 Å². The normalized spacial score (nSPS) is 12.2. The number of anilines is 3. The molecule has 0 unspecified atom stereocenters. The minimum Gasteiger partial charge on any atom is -0.309 e. The number of hydrogen-bond acceptors (Lipinski definition) is 4. The predicted molar refractivity (Wildman–Crippen MR) is 216 cm³/mol. The molecule has 0 bridgehead atoms. The second kappa shape index (κ2) is 12.2. The number of pyridine rings is 1. The van der Waals surface area contributed by atoms with Gasteiger partial charge in [-0.1, -0.05) is 97.6 Å². The minimum atomic E-state index is 0.0370. The number of fused-ring (bicyclic) bond motifs is 4. The molecule has 9 aromatic rings. The Hall–Kier alpha value is -7.31. The lowest BCUT2D eigenvalue weighted by Gasteiger charge is -2.34. The fourth-order valence-electron chi connectivity index (χ4n) is 7.57. The summed E-state index contributed by atoms with van der Waals surface area (Å²) in [5, 5.41) is 6.43. The molecule has 1 aliphatic rings. The molecule has 0 spiro atoms. The van der Waals surface area contributed by atoms with Crippen LogP contribution in [0.25, 0.3) is 61.5 Å². The largest absolute Gasteiger partial charge is 0.309 e. The number of aromatic nitrogens is 4. The van der Waals surface area contributed by atoms with Gasteiger partial charge in [0.1, 0.15) is 0 Å². The van der Waals surface area contributed by atoms with Crippen LogP contribution in [0.15, 0.2) is 187 Å². The van der Waals surface area contributed by atoms with E-state index in [4.69, 9.17) is 10.1 Å². The van der Waals surface area contributed by atoms with Gasteiger partial charge < -0.3 is 9.47 Å². The van der Waals surface area contributed by atoms with Gasteiger partial charge in [0.2, 0.25) is 0 Å². The topological polar surface area (TPSA) is 56.0 Å². The highest BCUT2D eigenvalue weighted by Gasteiger charge is 2.26. The zero-order chi connectivity index (χ0) is 35.5. The van der Waals surface area contributed by atoms with Crippen molar-refractivity contribution in [1.29, 1.82) is 0 Å². The lowest BCUT2D eigenvalue weighted by Crippen LogP contribution is -2.17. The van der Waals surface area contributed by atoms with Crippen LogP contribution in [0, 0.1) is 0 Å². The molecule has 250 valence electrons. The number of hydrogen-bond donors (Lipinski definition) is 0. The summed E-state index contributed by atoms with van der Waals surface area (Å²) in [6.07, 6.45) is 0. The van der Waals surface area contributed by atoms with Gasteiger partial charge in [-0.15, -0.1) is 5.10 Å². The first kappa shape index (κ1) is 30.5. The van der Waals surface area contributed by atoms with E-state index in [9.17, 15) is 4.79 Å². The maximum Gasteiger partial charge on any atom is 0.197 e. The molecule has 2 aromatic heterocycles. The molecule has 0 atom stereocenters. The van der Waals surface area contributed by atoms with Gasteiger partial charge in [-0.3, -0.25) is 4.79 Å². The Balaban J connectivity index is 1.09. The molecule has 6 nitrogen and oxygen atoms in total. The molecule has 0 radical (unpaired) electrons. The second-order valence-electron chi connectivity index (χ2n) is 13.1. The van der Waals surface area contributed by atoms with Crippen LogP contribution in [-0.4, -0.2) is 19.3 Å². The lowest BCUT2D eigenvalue weighted by molar-refractivity contribution is 0.889. The van der Waals surface area contributed by atoms with Gasteiger partial charge in [-0.25, -0.2) is 9.67 Å². The van der Waals surface area contributed by atoms with E-state index in [0.717, 1.165) is 73.1 Å². The summed E-state index contributed by atoms with van der Waals surface area (Å²) in [5.74, 6) is 1.37. The van der Waals surface area contributed by atoms with Crippen LogP contribution in [0.1, 0.15) is 11.1 Å². The number of para-hydroxylation sites is 4. The molecule has 0 amide bonds. The van der Waals surface area contributed by atoms with Crippen molar-refractivity contribution in [3.63, 3.8) is 0 Å². The molecular formula is C47H31N5O. The Morgan fingerprint density at radius 1 is 0.472 bits per heavy atom. The molecule has 0 N–H and O–H groups in total. The molecule has 0 fully saturated rings. The quantitative estimate of drug-likeness (QED) is 0.170. The third-order valence-corrected chi connectivity index (χ3v) is 10.1. The SMILES string of the molecule is C=C1c2ccccc2N(c2ccc(-c3nc(-c4ccccc4)nn3-c3ccc(-n4c5ccccc5c(=O)c5ccccc54)cc3)cc2)c2ccccc21. The van der Waals surface area contributed by atoms with Gasteiger partial charge >= 0.3 is 0 Å². The summed E-state index contributed by atoms with van der Waals surface area (Å²) in [6.45, 7) is 4.44. The molecule has 53 heavy (non-hydrogen) atoms. The van der Waals surface area contributed by atoms with Gasteiger partial charge in [0, 0.05) is 44.4 Å². The van der Waals surface area contributed by atoms with Gasteiger partial charge in [0.15, 0.2) is 17.1 Å². The van der Waals surface area contributed by atoms with Crippen molar-refractivity contribution in [2.24, 2.45) is 0 Å². The van der Waals surface area contributed by atoms with E-state index in [2.05, 4.69) is 113 Å². The summed E-state index contributed by atoms with van der Waals surface area (Å²) in [7, 11) is 0. The molecule has 1 aliphatic heterocycles. The minimum absolute atomic E-state index is 0.0370. The highest BCUT2D eigenvalue weighted by Crippen LogP contribution is 2.48. The van der Waals surface area contributed by atoms with Crippen molar-refractivity contribution in [1.82, 2.24) is 19.3 Å². The van der Waals surface area contributed by atoms with E-state index < -0.39 is 0 Å². The van der Waals surface area contributed by atoms with Gasteiger partial charge in [0.25, 0.3) is 0 Å². The standard InChI is InChI=1S/C47H31N5O/c1-31-37-15-5-9-19-41(37)50(42-20-10-6-16-38(31)42)34-25-23-33(24-26-34)47-48-46(32-13-3-2-4-14-32)49-52(47)36-29-27-35(28-30-36)51-43-21-11-7-17-39(43)45(53)40-18-8-12-22-44(40)51/h2-30H,1H2. The number of benzene rings is 7. The first-order chi connectivity index (χ1) is 26.1. The van der Waals surface area contributed by atoms with Crippen LogP contribution in [0.2, 0.25) is 0 Å². The smallest absolute Gasteiger partial charge is 0.197 e. The van der Waals surface area contributed by atoms with Crippen LogP contribution in [-0.2, 0) is 0 Å². The summed E-state index contributed by atoms with van der Waals surface area (Å²) in [4.78, 5) is 20.8. The summed E-state index contributed by atoms with van der Waals surface area (Å²) in [6, 6.07) is 59.3. The third kappa shape index (κ3) is 4.92.